The molecule has 1 rings (SSSR count). The first-order valence-electron chi connectivity index (χ1n) is 8.32. The molecule has 26 heavy (non-hydrogen) atoms. The number of ether oxygens (including phenoxy) is 3. The standard InChI is InChI=1S/C15H27FN2O7S/c1-15(2,3)25-14(20)17-4-6-23-8-9-24-7-5-18-11-12(10-13(18)19)26(16,21)22/h12H,4-11H2,1-3H3,(H,17,20). The second kappa shape index (κ2) is 10.0. The van der Waals surface area contributed by atoms with Gasteiger partial charge in [0.2, 0.25) is 5.91 Å². The topological polar surface area (TPSA) is 111 Å². The van der Waals surface area contributed by atoms with Gasteiger partial charge in [0.1, 0.15) is 10.9 Å². The zero-order valence-corrected chi connectivity index (χ0v) is 16.1. The highest BCUT2D eigenvalue weighted by molar-refractivity contribution is 7.87. The van der Waals surface area contributed by atoms with Gasteiger partial charge in [0, 0.05) is 26.1 Å². The number of amides is 2. The number of likely N-dealkylation sites (tertiary alicyclic amines) is 1. The average molecular weight is 398 g/mol. The first-order chi connectivity index (χ1) is 12.0. The van der Waals surface area contributed by atoms with Crippen molar-refractivity contribution >= 4 is 22.2 Å². The molecule has 0 aromatic carbocycles. The molecule has 0 aliphatic carbocycles. The largest absolute Gasteiger partial charge is 0.444 e. The summed E-state index contributed by atoms with van der Waals surface area (Å²) in [5.41, 5.74) is -0.552. The van der Waals surface area contributed by atoms with Crippen LogP contribution in [0.1, 0.15) is 27.2 Å². The van der Waals surface area contributed by atoms with Crippen LogP contribution in [0.25, 0.3) is 0 Å². The van der Waals surface area contributed by atoms with Gasteiger partial charge >= 0.3 is 16.3 Å². The van der Waals surface area contributed by atoms with Gasteiger partial charge in [-0.1, -0.05) is 0 Å². The lowest BCUT2D eigenvalue weighted by atomic mass is 10.2. The van der Waals surface area contributed by atoms with Crippen molar-refractivity contribution < 1.29 is 36.1 Å². The van der Waals surface area contributed by atoms with Crippen molar-refractivity contribution in [2.24, 2.45) is 0 Å². The van der Waals surface area contributed by atoms with Crippen LogP contribution in [-0.4, -0.2) is 82.2 Å². The van der Waals surface area contributed by atoms with E-state index in [1.165, 1.54) is 4.90 Å². The molecule has 1 fully saturated rings. The minimum Gasteiger partial charge on any atom is -0.444 e. The van der Waals surface area contributed by atoms with Crippen LogP contribution in [0.3, 0.4) is 0 Å². The van der Waals surface area contributed by atoms with E-state index in [0.717, 1.165) is 0 Å². The van der Waals surface area contributed by atoms with Crippen LogP contribution in [-0.2, 0) is 29.2 Å². The highest BCUT2D eigenvalue weighted by Crippen LogP contribution is 2.19. The number of nitrogens with one attached hydrogen (secondary N) is 1. The fraction of sp³-hybridized carbons (Fsp3) is 0.867. The number of carbonyl (C=O) groups excluding carboxylic acids is 2. The maximum Gasteiger partial charge on any atom is 0.407 e. The van der Waals surface area contributed by atoms with Crippen molar-refractivity contribution in [3.63, 3.8) is 0 Å². The summed E-state index contributed by atoms with van der Waals surface area (Å²) in [6.07, 6.45) is -0.840. The third-order valence-electron chi connectivity index (χ3n) is 3.37. The molecule has 1 saturated heterocycles. The van der Waals surface area contributed by atoms with Crippen molar-refractivity contribution in [1.82, 2.24) is 10.2 Å². The van der Waals surface area contributed by atoms with E-state index in [1.54, 1.807) is 20.8 Å². The Morgan fingerprint density at radius 3 is 2.38 bits per heavy atom. The molecule has 0 bridgehead atoms. The minimum absolute atomic E-state index is 0.145. The molecule has 11 heteroatoms. The van der Waals surface area contributed by atoms with Gasteiger partial charge in [0.15, 0.2) is 0 Å². The fourth-order valence-corrected chi connectivity index (χ4v) is 2.88. The van der Waals surface area contributed by atoms with Gasteiger partial charge in [-0.3, -0.25) is 4.79 Å². The quantitative estimate of drug-likeness (QED) is 0.420. The molecule has 1 atom stereocenters. The lowest BCUT2D eigenvalue weighted by Crippen LogP contribution is -2.34. The van der Waals surface area contributed by atoms with Crippen molar-refractivity contribution in [3.8, 4) is 0 Å². The van der Waals surface area contributed by atoms with Gasteiger partial charge in [0.05, 0.1) is 26.4 Å². The molecule has 1 N–H and O–H groups in total. The Hall–Kier alpha value is -1.46. The molecule has 0 aromatic rings. The monoisotopic (exact) mass is 398 g/mol. The Morgan fingerprint density at radius 1 is 1.23 bits per heavy atom. The smallest absolute Gasteiger partial charge is 0.407 e. The molecule has 0 aromatic heterocycles. The SMILES string of the molecule is CC(C)(C)OC(=O)NCCOCCOCCN1CC(S(=O)(=O)F)CC1=O. The van der Waals surface area contributed by atoms with Crippen molar-refractivity contribution in [3.05, 3.63) is 0 Å². The maximum absolute atomic E-state index is 12.9. The lowest BCUT2D eigenvalue weighted by molar-refractivity contribution is -0.128. The predicted octanol–water partition coefficient (Wildman–Crippen LogP) is 0.445. The van der Waals surface area contributed by atoms with Crippen molar-refractivity contribution in [2.75, 3.05) is 46.1 Å². The number of alkyl carbamates (subject to hydrolysis) is 1. The number of carbonyl (C=O) groups is 2. The van der Waals surface area contributed by atoms with Crippen LogP contribution in [0, 0.1) is 0 Å². The molecule has 1 heterocycles. The van der Waals surface area contributed by atoms with E-state index in [9.17, 15) is 21.9 Å². The van der Waals surface area contributed by atoms with Gasteiger partial charge in [-0.05, 0) is 20.8 Å². The third kappa shape index (κ3) is 9.30. The Morgan fingerprint density at radius 2 is 1.85 bits per heavy atom. The molecule has 0 radical (unpaired) electrons. The summed E-state index contributed by atoms with van der Waals surface area (Å²) >= 11 is 0. The van der Waals surface area contributed by atoms with E-state index >= 15 is 0 Å². The van der Waals surface area contributed by atoms with Crippen LogP contribution in [0.15, 0.2) is 0 Å². The summed E-state index contributed by atoms with van der Waals surface area (Å²) in [5, 5.41) is 1.27. The van der Waals surface area contributed by atoms with Crippen molar-refractivity contribution in [2.45, 2.75) is 38.0 Å². The van der Waals surface area contributed by atoms with E-state index in [-0.39, 0.29) is 32.7 Å². The highest BCUT2D eigenvalue weighted by Gasteiger charge is 2.38. The molecular weight excluding hydrogens is 371 g/mol. The normalized spacial score (nSPS) is 18.2. The highest BCUT2D eigenvalue weighted by atomic mass is 32.3. The molecule has 1 aliphatic rings. The molecule has 2 amide bonds. The second-order valence-electron chi connectivity index (χ2n) is 6.79. The summed E-state index contributed by atoms with van der Waals surface area (Å²) < 4.78 is 50.1. The van der Waals surface area contributed by atoms with Crippen molar-refractivity contribution in [1.29, 1.82) is 0 Å². The molecule has 9 nitrogen and oxygen atoms in total. The van der Waals surface area contributed by atoms with Crippen LogP contribution < -0.4 is 5.32 Å². The van der Waals surface area contributed by atoms with Gasteiger partial charge < -0.3 is 24.4 Å². The molecule has 1 aliphatic heterocycles. The maximum atomic E-state index is 12.9. The van der Waals surface area contributed by atoms with Crippen LogP contribution in [0.2, 0.25) is 0 Å². The van der Waals surface area contributed by atoms with Gasteiger partial charge in [-0.15, -0.1) is 3.89 Å². The molecule has 0 saturated carbocycles. The van der Waals surface area contributed by atoms with Gasteiger partial charge in [-0.25, -0.2) is 4.79 Å². The van der Waals surface area contributed by atoms with Gasteiger partial charge in [-0.2, -0.15) is 8.42 Å². The van der Waals surface area contributed by atoms with E-state index < -0.39 is 33.1 Å². The lowest BCUT2D eigenvalue weighted by Gasteiger charge is -2.19. The zero-order chi connectivity index (χ0) is 19.8. The first-order valence-corrected chi connectivity index (χ1v) is 9.77. The fourth-order valence-electron chi connectivity index (χ4n) is 2.18. The van der Waals surface area contributed by atoms with Crippen LogP contribution in [0.5, 0.6) is 0 Å². The van der Waals surface area contributed by atoms with E-state index in [2.05, 4.69) is 5.32 Å². The molecule has 0 spiro atoms. The molecular formula is C15H27FN2O7S. The van der Waals surface area contributed by atoms with Gasteiger partial charge in [0.25, 0.3) is 0 Å². The van der Waals surface area contributed by atoms with Crippen LogP contribution >= 0.6 is 0 Å². The summed E-state index contributed by atoms with van der Waals surface area (Å²) in [4.78, 5) is 24.2. The van der Waals surface area contributed by atoms with E-state index in [0.29, 0.717) is 19.8 Å². The van der Waals surface area contributed by atoms with E-state index in [4.69, 9.17) is 14.2 Å². The summed E-state index contributed by atoms with van der Waals surface area (Å²) in [5.74, 6) is -0.399. The predicted molar refractivity (Wildman–Crippen MR) is 90.9 cm³/mol. The third-order valence-corrected chi connectivity index (χ3v) is 4.48. The Kier molecular flexibility index (Phi) is 8.71. The summed E-state index contributed by atoms with van der Waals surface area (Å²) in [6.45, 7) is 6.74. The number of rotatable bonds is 10. The second-order valence-corrected chi connectivity index (χ2v) is 8.41. The number of hydrogen-bond donors (Lipinski definition) is 1. The molecule has 1 unspecified atom stereocenters. The minimum atomic E-state index is -4.70. The Labute approximate surface area is 153 Å². The summed E-state index contributed by atoms with van der Waals surface area (Å²) in [7, 11) is -4.70. The Bertz CT molecular complexity index is 577. The Balaban J connectivity index is 2.00. The zero-order valence-electron chi connectivity index (χ0n) is 15.3. The van der Waals surface area contributed by atoms with E-state index in [1.807, 2.05) is 0 Å². The molecule has 152 valence electrons. The number of nitrogens with zero attached hydrogens (tertiary/aromatic N) is 1. The number of hydrogen-bond acceptors (Lipinski definition) is 7. The number of halogens is 1. The average Bonchev–Trinajstić information content (AvgIpc) is 2.85. The van der Waals surface area contributed by atoms with Crippen LogP contribution in [0.4, 0.5) is 8.68 Å². The first kappa shape index (κ1) is 22.6. The summed E-state index contributed by atoms with van der Waals surface area (Å²) in [6, 6.07) is 0.